The minimum absolute atomic E-state index is 0.0197. The molecule has 0 aromatic carbocycles. The maximum Gasteiger partial charge on any atom is 0.100 e. The first-order valence-electron chi connectivity index (χ1n) is 4.17. The molecule has 0 amide bonds. The molecular weight excluding hydrogens is 208 g/mol. The third kappa shape index (κ3) is 2.26. The zero-order valence-electron chi connectivity index (χ0n) is 7.83. The minimum atomic E-state index is -1.48. The Labute approximate surface area is 80.1 Å². The van der Waals surface area contributed by atoms with E-state index in [1.54, 1.807) is 0 Å². The fourth-order valence-corrected chi connectivity index (χ4v) is 11.5. The summed E-state index contributed by atoms with van der Waals surface area (Å²) < 4.78 is 23.2. The van der Waals surface area contributed by atoms with E-state index in [9.17, 15) is 8.42 Å². The summed E-state index contributed by atoms with van der Waals surface area (Å²) >= 11 is 0. The van der Waals surface area contributed by atoms with Crippen molar-refractivity contribution in [1.29, 1.82) is 0 Å². The van der Waals surface area contributed by atoms with E-state index in [0.29, 0.717) is 0 Å². The molecule has 0 bridgehead atoms. The van der Waals surface area contributed by atoms with E-state index in [2.05, 4.69) is 19.6 Å². The highest BCUT2D eigenvalue weighted by Gasteiger charge is 2.38. The molecule has 1 aliphatic rings. The van der Waals surface area contributed by atoms with Gasteiger partial charge in [0, 0.05) is 33.1 Å². The quantitative estimate of drug-likeness (QED) is 0.625. The summed E-state index contributed by atoms with van der Waals surface area (Å²) in [6.07, 6.45) is 0.875. The van der Waals surface area contributed by atoms with Crippen molar-refractivity contribution in [2.24, 2.45) is 0 Å². The molecule has 1 fully saturated rings. The van der Waals surface area contributed by atoms with Gasteiger partial charge >= 0.3 is 0 Å². The number of hydrogen-bond acceptors (Lipinski definition) is 2. The van der Waals surface area contributed by atoms with Crippen LogP contribution >= 0.6 is 0 Å². The first kappa shape index (κ1) is 10.6. The van der Waals surface area contributed by atoms with Gasteiger partial charge in [0.25, 0.3) is 0 Å². The van der Waals surface area contributed by atoms with Crippen LogP contribution in [0.25, 0.3) is 0 Å². The van der Waals surface area contributed by atoms with Gasteiger partial charge < -0.3 is 0 Å². The van der Waals surface area contributed by atoms with Crippen molar-refractivity contribution in [3.05, 3.63) is 0 Å². The first-order chi connectivity index (χ1) is 5.43. The molecular formula is C7H16O2S2Si. The van der Waals surface area contributed by atoms with Crippen molar-refractivity contribution in [2.45, 2.75) is 30.3 Å². The summed E-state index contributed by atoms with van der Waals surface area (Å²) in [6, 6.07) is 0. The average Bonchev–Trinajstić information content (AvgIpc) is 1.82. The summed E-state index contributed by atoms with van der Waals surface area (Å²) in [5.74, 6) is 1.53. The third-order valence-electron chi connectivity index (χ3n) is 1.88. The van der Waals surface area contributed by atoms with Crippen LogP contribution < -0.4 is 0 Å². The van der Waals surface area contributed by atoms with E-state index >= 15 is 0 Å². The fraction of sp³-hybridized carbons (Fsp3) is 1.00. The van der Waals surface area contributed by atoms with Gasteiger partial charge in [-0.2, -0.15) is 0 Å². The average molecular weight is 224 g/mol. The van der Waals surface area contributed by atoms with Crippen molar-refractivity contribution in [3.8, 4) is 0 Å². The maximum atomic E-state index is 11.6. The Morgan fingerprint density at radius 1 is 1.08 bits per heavy atom. The molecule has 0 saturated carbocycles. The van der Waals surface area contributed by atoms with E-state index in [1.807, 2.05) is 0 Å². The molecule has 0 aliphatic carbocycles. The van der Waals surface area contributed by atoms with E-state index < -0.39 is 29.7 Å². The van der Waals surface area contributed by atoms with Gasteiger partial charge in [-0.3, -0.25) is 8.42 Å². The Balaban J connectivity index is 2.84. The van der Waals surface area contributed by atoms with Crippen LogP contribution in [0.1, 0.15) is 6.42 Å². The van der Waals surface area contributed by atoms with Gasteiger partial charge in [-0.15, -0.1) is 0 Å². The van der Waals surface area contributed by atoms with Crippen LogP contribution in [0.3, 0.4) is 0 Å². The molecule has 0 N–H and O–H groups in total. The molecule has 1 saturated heterocycles. The van der Waals surface area contributed by atoms with Crippen LogP contribution in [0.4, 0.5) is 0 Å². The zero-order valence-corrected chi connectivity index (χ0v) is 10.5. The molecule has 0 aromatic heterocycles. The fourth-order valence-electron chi connectivity index (χ4n) is 1.47. The second-order valence-corrected chi connectivity index (χ2v) is 13.9. The van der Waals surface area contributed by atoms with Crippen LogP contribution in [-0.4, -0.2) is 32.2 Å². The summed E-state index contributed by atoms with van der Waals surface area (Å²) in [6.45, 7) is 6.45. The van der Waals surface area contributed by atoms with Gasteiger partial charge in [-0.05, 0) is 6.42 Å². The smallest absolute Gasteiger partial charge is 0.100 e. The molecule has 0 aromatic rings. The van der Waals surface area contributed by atoms with Gasteiger partial charge in [-0.25, -0.2) is 0 Å². The molecule has 1 aliphatic heterocycles. The highest BCUT2D eigenvalue weighted by molar-refractivity contribution is 8.06. The minimum Gasteiger partial charge on any atom is -0.259 e. The summed E-state index contributed by atoms with van der Waals surface area (Å²) in [4.78, 5) is 0. The maximum absolute atomic E-state index is 11.6. The number of rotatable bonds is 1. The molecule has 2 unspecified atom stereocenters. The second-order valence-electron chi connectivity index (χ2n) is 4.22. The molecule has 2 nitrogen and oxygen atoms in total. The second kappa shape index (κ2) is 3.72. The van der Waals surface area contributed by atoms with Crippen LogP contribution in [0.2, 0.25) is 19.6 Å². The zero-order chi connectivity index (χ0) is 9.35. The lowest BCUT2D eigenvalue weighted by Gasteiger charge is -2.30. The number of hydrogen-bond donors (Lipinski definition) is 0. The Kier molecular flexibility index (Phi) is 3.28. The topological polar surface area (TPSA) is 34.1 Å². The van der Waals surface area contributed by atoms with Crippen LogP contribution in [0, 0.1) is 0 Å². The van der Waals surface area contributed by atoms with Crippen LogP contribution in [0.5, 0.6) is 0 Å². The predicted octanol–water partition coefficient (Wildman–Crippen LogP) is 1.09. The Morgan fingerprint density at radius 2 is 1.50 bits per heavy atom. The van der Waals surface area contributed by atoms with Crippen molar-refractivity contribution in [3.63, 3.8) is 0 Å². The molecule has 72 valence electrons. The first-order valence-corrected chi connectivity index (χ1v) is 10.5. The highest BCUT2D eigenvalue weighted by Crippen LogP contribution is 2.22. The molecule has 0 radical (unpaired) electrons. The lowest BCUT2D eigenvalue weighted by Crippen LogP contribution is -2.48. The Hall–Kier alpha value is 0.517. The summed E-state index contributed by atoms with van der Waals surface area (Å²) in [5.41, 5.74) is 0. The van der Waals surface area contributed by atoms with Gasteiger partial charge in [0.05, 0.1) is 8.07 Å². The van der Waals surface area contributed by atoms with Gasteiger partial charge in [0.1, 0.15) is 4.21 Å². The van der Waals surface area contributed by atoms with Gasteiger partial charge in [-0.1, -0.05) is 19.6 Å². The summed E-state index contributed by atoms with van der Waals surface area (Å²) in [5, 5.41) is 0. The van der Waals surface area contributed by atoms with Crippen molar-refractivity contribution < 1.29 is 8.42 Å². The lowest BCUT2D eigenvalue weighted by molar-refractivity contribution is 0.669. The van der Waals surface area contributed by atoms with E-state index in [0.717, 1.165) is 17.9 Å². The van der Waals surface area contributed by atoms with Crippen molar-refractivity contribution >= 4 is 29.7 Å². The van der Waals surface area contributed by atoms with E-state index in [4.69, 9.17) is 0 Å². The molecule has 1 rings (SSSR count). The normalized spacial score (nSPS) is 38.1. The highest BCUT2D eigenvalue weighted by atomic mass is 32.2. The predicted molar refractivity (Wildman–Crippen MR) is 57.8 cm³/mol. The van der Waals surface area contributed by atoms with Crippen LogP contribution in [-0.2, 0) is 21.6 Å². The summed E-state index contributed by atoms with van der Waals surface area (Å²) in [7, 11) is -3.11. The molecule has 12 heavy (non-hydrogen) atoms. The largest absolute Gasteiger partial charge is 0.259 e. The van der Waals surface area contributed by atoms with Gasteiger partial charge in [0.15, 0.2) is 0 Å². The molecule has 1 heterocycles. The van der Waals surface area contributed by atoms with Crippen LogP contribution in [0.15, 0.2) is 0 Å². The molecule has 5 heteroatoms. The molecule has 0 spiro atoms. The lowest BCUT2D eigenvalue weighted by atomic mass is 10.6. The SMILES string of the molecule is C[Si](C)(C)C1S(=O)CCCS1=O. The molecule has 2 atom stereocenters. The standard InChI is InChI=1S/C7H16O2S2Si/c1-12(2,3)7-10(8)5-4-6-11(7)9/h7H,4-6H2,1-3H3. The van der Waals surface area contributed by atoms with E-state index in [-0.39, 0.29) is 4.21 Å². The van der Waals surface area contributed by atoms with E-state index in [1.165, 1.54) is 0 Å². The van der Waals surface area contributed by atoms with Crippen molar-refractivity contribution in [2.75, 3.05) is 11.5 Å². The Bertz CT molecular complexity index is 206. The monoisotopic (exact) mass is 224 g/mol. The van der Waals surface area contributed by atoms with Gasteiger partial charge in [0.2, 0.25) is 0 Å². The Morgan fingerprint density at radius 3 is 1.75 bits per heavy atom. The van der Waals surface area contributed by atoms with Crippen molar-refractivity contribution in [1.82, 2.24) is 0 Å². The third-order valence-corrected chi connectivity index (χ3v) is 12.7.